The Labute approximate surface area is 176 Å². The lowest BCUT2D eigenvalue weighted by atomic mass is 10.2. The summed E-state index contributed by atoms with van der Waals surface area (Å²) >= 11 is 1.44. The standard InChI is InChI=1S/C19H21N5O5S/c1-4-28-19(27)24-9-11(8-14(24)18(25)26)29-17-15-12(5-6-30-15)20-16(21-17)13-7-10(2)22-23(13)3/h5-7,11,14H,4,8-9H2,1-3H3,(H,25,26)/t11?,14-/m0/s1. The number of hydrogen-bond donors (Lipinski definition) is 1. The molecule has 10 nitrogen and oxygen atoms in total. The minimum Gasteiger partial charge on any atom is -0.480 e. The van der Waals surface area contributed by atoms with Gasteiger partial charge in [0.25, 0.3) is 0 Å². The summed E-state index contributed by atoms with van der Waals surface area (Å²) in [5.74, 6) is -0.262. The second-order valence-electron chi connectivity index (χ2n) is 6.96. The molecule has 1 saturated heterocycles. The number of ether oxygens (including phenoxy) is 2. The van der Waals surface area contributed by atoms with Crippen molar-refractivity contribution in [2.24, 2.45) is 7.05 Å². The van der Waals surface area contributed by atoms with Gasteiger partial charge in [-0.25, -0.2) is 14.6 Å². The van der Waals surface area contributed by atoms with E-state index >= 15 is 0 Å². The van der Waals surface area contributed by atoms with Gasteiger partial charge in [0.15, 0.2) is 5.82 Å². The van der Waals surface area contributed by atoms with Crippen LogP contribution in [0.3, 0.4) is 0 Å². The Morgan fingerprint density at radius 1 is 1.37 bits per heavy atom. The monoisotopic (exact) mass is 431 g/mol. The molecule has 4 heterocycles. The van der Waals surface area contributed by atoms with E-state index in [1.165, 1.54) is 16.2 Å². The summed E-state index contributed by atoms with van der Waals surface area (Å²) in [6.45, 7) is 3.83. The van der Waals surface area contributed by atoms with Crippen LogP contribution in [0.1, 0.15) is 19.0 Å². The maximum absolute atomic E-state index is 12.2. The molecule has 0 aliphatic carbocycles. The number of nitrogens with zero attached hydrogens (tertiary/aromatic N) is 5. The van der Waals surface area contributed by atoms with E-state index in [1.807, 2.05) is 31.5 Å². The molecule has 1 N–H and O–H groups in total. The van der Waals surface area contributed by atoms with Crippen LogP contribution in [-0.4, -0.2) is 67.1 Å². The maximum Gasteiger partial charge on any atom is 0.410 e. The highest BCUT2D eigenvalue weighted by Crippen LogP contribution is 2.33. The Morgan fingerprint density at radius 2 is 2.17 bits per heavy atom. The van der Waals surface area contributed by atoms with Gasteiger partial charge in [-0.15, -0.1) is 11.3 Å². The number of carbonyl (C=O) groups excluding carboxylic acids is 1. The molecule has 4 rings (SSSR count). The predicted octanol–water partition coefficient (Wildman–Crippen LogP) is 2.46. The minimum atomic E-state index is -1.09. The van der Waals surface area contributed by atoms with E-state index in [4.69, 9.17) is 9.47 Å². The van der Waals surface area contributed by atoms with Gasteiger partial charge in [-0.2, -0.15) is 10.1 Å². The van der Waals surface area contributed by atoms with E-state index in [9.17, 15) is 14.7 Å². The topological polar surface area (TPSA) is 120 Å². The van der Waals surface area contributed by atoms with Crippen molar-refractivity contribution < 1.29 is 24.2 Å². The summed E-state index contributed by atoms with van der Waals surface area (Å²) in [4.78, 5) is 34.2. The number of aliphatic carboxylic acids is 1. The molecule has 11 heteroatoms. The molecule has 3 aromatic heterocycles. The molecular formula is C19H21N5O5S. The van der Waals surface area contributed by atoms with Crippen LogP contribution in [0.25, 0.3) is 21.7 Å². The van der Waals surface area contributed by atoms with E-state index in [2.05, 4.69) is 15.1 Å². The number of aromatic nitrogens is 4. The number of amides is 1. The smallest absolute Gasteiger partial charge is 0.410 e. The molecule has 1 amide bonds. The van der Waals surface area contributed by atoms with Crippen molar-refractivity contribution in [3.63, 3.8) is 0 Å². The van der Waals surface area contributed by atoms with Gasteiger partial charge in [0.1, 0.15) is 22.5 Å². The van der Waals surface area contributed by atoms with Crippen LogP contribution >= 0.6 is 11.3 Å². The molecule has 158 valence electrons. The van der Waals surface area contributed by atoms with Crippen LogP contribution in [0.5, 0.6) is 5.88 Å². The quantitative estimate of drug-likeness (QED) is 0.654. The summed E-state index contributed by atoms with van der Waals surface area (Å²) < 4.78 is 13.6. The van der Waals surface area contributed by atoms with Crippen molar-refractivity contribution >= 4 is 33.6 Å². The number of carboxylic acids is 1. The Balaban J connectivity index is 1.65. The zero-order valence-corrected chi connectivity index (χ0v) is 17.5. The van der Waals surface area contributed by atoms with Crippen molar-refractivity contribution in [1.29, 1.82) is 0 Å². The van der Waals surface area contributed by atoms with Crippen molar-refractivity contribution in [2.75, 3.05) is 13.2 Å². The molecule has 0 bridgehead atoms. The molecule has 0 spiro atoms. The molecule has 1 aliphatic heterocycles. The van der Waals surface area contributed by atoms with Crippen LogP contribution in [0.2, 0.25) is 0 Å². The van der Waals surface area contributed by atoms with Crippen LogP contribution in [0, 0.1) is 6.92 Å². The Morgan fingerprint density at radius 3 is 2.83 bits per heavy atom. The molecule has 0 aromatic carbocycles. The highest BCUT2D eigenvalue weighted by molar-refractivity contribution is 7.17. The number of thiophene rings is 1. The molecule has 1 unspecified atom stereocenters. The van der Waals surface area contributed by atoms with E-state index in [0.717, 1.165) is 21.6 Å². The third-order valence-electron chi connectivity index (χ3n) is 4.83. The largest absolute Gasteiger partial charge is 0.480 e. The first-order chi connectivity index (χ1) is 14.4. The Kier molecular flexibility index (Phi) is 5.29. The van der Waals surface area contributed by atoms with Gasteiger partial charge in [-0.05, 0) is 31.4 Å². The average Bonchev–Trinajstić information content (AvgIpc) is 3.40. The van der Waals surface area contributed by atoms with Crippen molar-refractivity contribution in [3.05, 3.63) is 23.2 Å². The van der Waals surface area contributed by atoms with Crippen LogP contribution in [-0.2, 0) is 16.6 Å². The van der Waals surface area contributed by atoms with Crippen molar-refractivity contribution in [3.8, 4) is 17.4 Å². The molecule has 30 heavy (non-hydrogen) atoms. The molecule has 2 atom stereocenters. The lowest BCUT2D eigenvalue weighted by Gasteiger charge is -2.20. The normalized spacial score (nSPS) is 18.7. The number of aryl methyl sites for hydroxylation is 2. The van der Waals surface area contributed by atoms with E-state index in [0.29, 0.717) is 11.7 Å². The average molecular weight is 431 g/mol. The summed E-state index contributed by atoms with van der Waals surface area (Å²) in [5.41, 5.74) is 2.32. The highest BCUT2D eigenvalue weighted by atomic mass is 32.1. The first-order valence-corrected chi connectivity index (χ1v) is 10.3. The first kappa shape index (κ1) is 20.1. The minimum absolute atomic E-state index is 0.104. The number of fused-ring (bicyclic) bond motifs is 1. The molecular weight excluding hydrogens is 410 g/mol. The zero-order valence-electron chi connectivity index (χ0n) is 16.7. The molecule has 1 aliphatic rings. The van der Waals surface area contributed by atoms with Crippen LogP contribution < -0.4 is 4.74 Å². The van der Waals surface area contributed by atoms with Crippen molar-refractivity contribution in [2.45, 2.75) is 32.4 Å². The van der Waals surface area contributed by atoms with Gasteiger partial charge in [0, 0.05) is 13.5 Å². The number of rotatable bonds is 5. The summed E-state index contributed by atoms with van der Waals surface area (Å²) in [7, 11) is 1.82. The first-order valence-electron chi connectivity index (χ1n) is 9.46. The van der Waals surface area contributed by atoms with Gasteiger partial charge < -0.3 is 14.6 Å². The summed E-state index contributed by atoms with van der Waals surface area (Å²) in [6, 6.07) is 2.75. The lowest BCUT2D eigenvalue weighted by molar-refractivity contribution is -0.141. The third kappa shape index (κ3) is 3.67. The van der Waals surface area contributed by atoms with Gasteiger partial charge in [-0.3, -0.25) is 9.58 Å². The fourth-order valence-electron chi connectivity index (χ4n) is 3.53. The predicted molar refractivity (Wildman–Crippen MR) is 109 cm³/mol. The SMILES string of the molecule is CCOC(=O)N1CC(Oc2nc(-c3cc(C)nn3C)nc3ccsc23)C[C@H]1C(=O)O. The zero-order chi connectivity index (χ0) is 21.4. The summed E-state index contributed by atoms with van der Waals surface area (Å²) in [5, 5.41) is 15.7. The number of carboxylic acid groups (broad SMARTS) is 1. The molecule has 1 fully saturated rings. The van der Waals surface area contributed by atoms with Crippen LogP contribution in [0.4, 0.5) is 4.79 Å². The summed E-state index contributed by atoms with van der Waals surface area (Å²) in [6.07, 6.45) is -1.05. The Bertz CT molecular complexity index is 1110. The number of carbonyl (C=O) groups is 2. The fourth-order valence-corrected chi connectivity index (χ4v) is 4.30. The van der Waals surface area contributed by atoms with E-state index in [1.54, 1.807) is 11.6 Å². The molecule has 0 saturated carbocycles. The second kappa shape index (κ2) is 7.90. The highest BCUT2D eigenvalue weighted by Gasteiger charge is 2.42. The maximum atomic E-state index is 12.2. The lowest BCUT2D eigenvalue weighted by Crippen LogP contribution is -2.41. The van der Waals surface area contributed by atoms with Gasteiger partial charge in [0.2, 0.25) is 5.88 Å². The molecule has 0 radical (unpaired) electrons. The Hall–Kier alpha value is -3.21. The number of likely N-dealkylation sites (tertiary alicyclic amines) is 1. The van der Waals surface area contributed by atoms with Gasteiger partial charge >= 0.3 is 12.1 Å². The van der Waals surface area contributed by atoms with E-state index in [-0.39, 0.29) is 19.6 Å². The second-order valence-corrected chi connectivity index (χ2v) is 7.88. The fraction of sp³-hybridized carbons (Fsp3) is 0.421. The van der Waals surface area contributed by atoms with Crippen molar-refractivity contribution in [1.82, 2.24) is 24.6 Å². The van der Waals surface area contributed by atoms with Gasteiger partial charge in [0.05, 0.1) is 24.4 Å². The van der Waals surface area contributed by atoms with E-state index < -0.39 is 24.2 Å². The number of hydrogen-bond acceptors (Lipinski definition) is 8. The third-order valence-corrected chi connectivity index (χ3v) is 5.72. The van der Waals surface area contributed by atoms with Gasteiger partial charge in [-0.1, -0.05) is 0 Å². The molecule has 3 aromatic rings. The van der Waals surface area contributed by atoms with Crippen LogP contribution in [0.15, 0.2) is 17.5 Å².